The van der Waals surface area contributed by atoms with Crippen LogP contribution in [0.4, 0.5) is 11.4 Å². The lowest BCUT2D eigenvalue weighted by molar-refractivity contribution is -0.384. The summed E-state index contributed by atoms with van der Waals surface area (Å²) in [6.07, 6.45) is 0.0783. The smallest absolute Gasteiger partial charge is 0.338 e. The number of nitro groups is 1. The number of hydrogen-bond acceptors (Lipinski definition) is 5. The average Bonchev–Trinajstić information content (AvgIpc) is 2.38. The Morgan fingerprint density at radius 2 is 2.15 bits per heavy atom. The number of nitrogens with zero attached hydrogens (tertiary/aromatic N) is 1. The Morgan fingerprint density at radius 3 is 2.60 bits per heavy atom. The second kappa shape index (κ2) is 4.75. The van der Waals surface area contributed by atoms with Gasteiger partial charge in [-0.05, 0) is 12.5 Å². The summed E-state index contributed by atoms with van der Waals surface area (Å²) >= 11 is 0. The highest BCUT2D eigenvalue weighted by atomic mass is 16.6. The highest BCUT2D eigenvalue weighted by Gasteiger charge is 2.47. The number of nitro benzene ring substituents is 1. The van der Waals surface area contributed by atoms with Crippen molar-refractivity contribution in [3.05, 3.63) is 33.9 Å². The minimum atomic E-state index is -1.23. The van der Waals surface area contributed by atoms with E-state index in [0.717, 1.165) is 6.07 Å². The van der Waals surface area contributed by atoms with Crippen LogP contribution in [0, 0.1) is 15.5 Å². The second-order valence-electron chi connectivity index (χ2n) is 5.56. The number of aliphatic hydroxyl groups is 1. The van der Waals surface area contributed by atoms with Crippen molar-refractivity contribution in [1.29, 1.82) is 0 Å². The van der Waals surface area contributed by atoms with Crippen LogP contribution in [-0.2, 0) is 0 Å². The summed E-state index contributed by atoms with van der Waals surface area (Å²) in [6, 6.07) is 3.61. The molecule has 7 nitrogen and oxygen atoms in total. The molecule has 0 saturated heterocycles. The van der Waals surface area contributed by atoms with Gasteiger partial charge in [-0.25, -0.2) is 4.79 Å². The van der Waals surface area contributed by atoms with Crippen molar-refractivity contribution < 1.29 is 19.9 Å². The summed E-state index contributed by atoms with van der Waals surface area (Å²) in [5.41, 5.74) is -0.442. The Morgan fingerprint density at radius 1 is 1.50 bits per heavy atom. The van der Waals surface area contributed by atoms with Crippen molar-refractivity contribution in [3.63, 3.8) is 0 Å². The van der Waals surface area contributed by atoms with Gasteiger partial charge in [-0.2, -0.15) is 0 Å². The summed E-state index contributed by atoms with van der Waals surface area (Å²) < 4.78 is 0. The number of benzene rings is 1. The molecule has 1 saturated carbocycles. The number of non-ortho nitro benzene ring substituents is 1. The summed E-state index contributed by atoms with van der Waals surface area (Å²) in [6.45, 7) is 3.76. The van der Waals surface area contributed by atoms with E-state index >= 15 is 0 Å². The maximum atomic E-state index is 11.2. The Kier molecular flexibility index (Phi) is 3.39. The molecule has 1 aromatic carbocycles. The van der Waals surface area contributed by atoms with Crippen LogP contribution in [0.25, 0.3) is 0 Å². The molecule has 0 heterocycles. The number of carboxylic acids is 1. The predicted octanol–water partition coefficient (Wildman–Crippen LogP) is 1.86. The highest BCUT2D eigenvalue weighted by molar-refractivity contribution is 5.95. The molecule has 20 heavy (non-hydrogen) atoms. The molecule has 2 unspecified atom stereocenters. The van der Waals surface area contributed by atoms with E-state index in [1.807, 2.05) is 13.8 Å². The number of anilines is 1. The van der Waals surface area contributed by atoms with Crippen molar-refractivity contribution in [1.82, 2.24) is 0 Å². The zero-order valence-electron chi connectivity index (χ0n) is 11.2. The Bertz CT molecular complexity index is 570. The number of carbonyl (C=O) groups is 1. The summed E-state index contributed by atoms with van der Waals surface area (Å²) in [4.78, 5) is 21.2. The van der Waals surface area contributed by atoms with Gasteiger partial charge in [0.15, 0.2) is 0 Å². The van der Waals surface area contributed by atoms with E-state index in [4.69, 9.17) is 5.11 Å². The first-order valence-corrected chi connectivity index (χ1v) is 6.20. The number of aliphatic hydroxyl groups excluding tert-OH is 1. The van der Waals surface area contributed by atoms with Crippen LogP contribution >= 0.6 is 0 Å². The van der Waals surface area contributed by atoms with Gasteiger partial charge in [0.2, 0.25) is 0 Å². The molecule has 108 valence electrons. The van der Waals surface area contributed by atoms with Crippen LogP contribution in [-0.4, -0.2) is 33.3 Å². The minimum Gasteiger partial charge on any atom is -0.478 e. The van der Waals surface area contributed by atoms with Crippen LogP contribution in [0.15, 0.2) is 18.2 Å². The van der Waals surface area contributed by atoms with E-state index in [2.05, 4.69) is 5.32 Å². The summed E-state index contributed by atoms with van der Waals surface area (Å²) in [5, 5.41) is 32.6. The van der Waals surface area contributed by atoms with Crippen molar-refractivity contribution >= 4 is 17.3 Å². The van der Waals surface area contributed by atoms with Gasteiger partial charge < -0.3 is 15.5 Å². The fourth-order valence-corrected chi connectivity index (χ4v) is 2.28. The summed E-state index contributed by atoms with van der Waals surface area (Å²) in [5.74, 6) is -1.23. The quantitative estimate of drug-likeness (QED) is 0.573. The van der Waals surface area contributed by atoms with Crippen molar-refractivity contribution in [2.24, 2.45) is 5.41 Å². The molecule has 0 aliphatic heterocycles. The van der Waals surface area contributed by atoms with E-state index in [0.29, 0.717) is 12.1 Å². The van der Waals surface area contributed by atoms with Gasteiger partial charge in [-0.3, -0.25) is 10.1 Å². The van der Waals surface area contributed by atoms with Gasteiger partial charge in [-0.15, -0.1) is 0 Å². The van der Waals surface area contributed by atoms with Crippen LogP contribution in [0.1, 0.15) is 30.6 Å². The van der Waals surface area contributed by atoms with Gasteiger partial charge in [0.05, 0.1) is 16.6 Å². The van der Waals surface area contributed by atoms with Crippen molar-refractivity contribution in [3.8, 4) is 0 Å². The fourth-order valence-electron chi connectivity index (χ4n) is 2.28. The van der Waals surface area contributed by atoms with Gasteiger partial charge in [0, 0.05) is 29.3 Å². The van der Waals surface area contributed by atoms with Crippen LogP contribution in [0.5, 0.6) is 0 Å². The van der Waals surface area contributed by atoms with Gasteiger partial charge in [0.25, 0.3) is 5.69 Å². The molecule has 0 spiro atoms. The lowest BCUT2D eigenvalue weighted by Crippen LogP contribution is -2.57. The molecular weight excluding hydrogens is 264 g/mol. The standard InChI is InChI=1S/C13H16N2O5/c1-13(2)10(6-11(13)16)14-9-4-3-7(15(19)20)5-8(9)12(17)18/h3-5,10-11,14,16H,6H2,1-2H3,(H,17,18). The molecule has 2 rings (SSSR count). The SMILES string of the molecule is CC1(C)C(O)CC1Nc1ccc([N+](=O)[O-])cc1C(=O)O. The zero-order valence-corrected chi connectivity index (χ0v) is 11.2. The molecular formula is C13H16N2O5. The number of carboxylic acid groups (broad SMARTS) is 1. The molecule has 0 amide bonds. The van der Waals surface area contributed by atoms with E-state index in [-0.39, 0.29) is 22.7 Å². The van der Waals surface area contributed by atoms with E-state index in [1.165, 1.54) is 12.1 Å². The topological polar surface area (TPSA) is 113 Å². The van der Waals surface area contributed by atoms with Gasteiger partial charge in [0.1, 0.15) is 0 Å². The Hall–Kier alpha value is -2.15. The molecule has 1 aliphatic carbocycles. The molecule has 7 heteroatoms. The van der Waals surface area contributed by atoms with Crippen LogP contribution in [0.2, 0.25) is 0 Å². The molecule has 0 bridgehead atoms. The third-order valence-electron chi connectivity index (χ3n) is 3.99. The maximum Gasteiger partial charge on any atom is 0.338 e. The molecule has 1 aliphatic rings. The molecule has 0 aromatic heterocycles. The Labute approximate surface area is 115 Å². The lowest BCUT2D eigenvalue weighted by atomic mass is 9.64. The van der Waals surface area contributed by atoms with Crippen molar-refractivity contribution in [2.45, 2.75) is 32.4 Å². The van der Waals surface area contributed by atoms with Gasteiger partial charge >= 0.3 is 5.97 Å². The Balaban J connectivity index is 2.28. The van der Waals surface area contributed by atoms with Crippen LogP contribution in [0.3, 0.4) is 0 Å². The molecule has 0 radical (unpaired) electrons. The van der Waals surface area contributed by atoms with Crippen molar-refractivity contribution in [2.75, 3.05) is 5.32 Å². The van der Waals surface area contributed by atoms with E-state index in [1.54, 1.807) is 0 Å². The first kappa shape index (κ1) is 14.3. The number of nitrogens with one attached hydrogen (secondary N) is 1. The largest absolute Gasteiger partial charge is 0.478 e. The van der Waals surface area contributed by atoms with Crippen LogP contribution < -0.4 is 5.32 Å². The highest BCUT2D eigenvalue weighted by Crippen LogP contribution is 2.42. The lowest BCUT2D eigenvalue weighted by Gasteiger charge is -2.50. The minimum absolute atomic E-state index is 0.0722. The molecule has 2 atom stereocenters. The van der Waals surface area contributed by atoms with Gasteiger partial charge in [-0.1, -0.05) is 13.8 Å². The zero-order chi connectivity index (χ0) is 15.1. The summed E-state index contributed by atoms with van der Waals surface area (Å²) in [7, 11) is 0. The fraction of sp³-hybridized carbons (Fsp3) is 0.462. The number of hydrogen-bond donors (Lipinski definition) is 3. The second-order valence-corrected chi connectivity index (χ2v) is 5.56. The predicted molar refractivity (Wildman–Crippen MR) is 71.9 cm³/mol. The first-order valence-electron chi connectivity index (χ1n) is 6.20. The first-order chi connectivity index (χ1) is 9.23. The average molecular weight is 280 g/mol. The normalized spacial score (nSPS) is 23.8. The molecule has 1 fully saturated rings. The number of aromatic carboxylic acids is 1. The maximum absolute atomic E-state index is 11.2. The van der Waals surface area contributed by atoms with E-state index in [9.17, 15) is 20.0 Å². The molecule has 3 N–H and O–H groups in total. The molecule has 1 aromatic rings. The third-order valence-corrected chi connectivity index (χ3v) is 3.99. The van der Waals surface area contributed by atoms with E-state index < -0.39 is 17.0 Å². The third kappa shape index (κ3) is 2.32. The monoisotopic (exact) mass is 280 g/mol. The number of rotatable bonds is 4.